The highest BCUT2D eigenvalue weighted by Crippen LogP contribution is 2.45. The van der Waals surface area contributed by atoms with Gasteiger partial charge in [-0.25, -0.2) is 15.0 Å². The van der Waals surface area contributed by atoms with Gasteiger partial charge in [0.15, 0.2) is 5.82 Å². The van der Waals surface area contributed by atoms with Crippen molar-refractivity contribution in [3.05, 3.63) is 41.9 Å². The second-order valence-corrected chi connectivity index (χ2v) is 8.19. The van der Waals surface area contributed by atoms with E-state index in [1.807, 2.05) is 45.6 Å². The van der Waals surface area contributed by atoms with Crippen LogP contribution in [0.3, 0.4) is 0 Å². The number of nitrogens with zero attached hydrogens (tertiary/aromatic N) is 5. The van der Waals surface area contributed by atoms with Gasteiger partial charge in [-0.1, -0.05) is 32.9 Å². The molecule has 0 aromatic carbocycles. The van der Waals surface area contributed by atoms with Gasteiger partial charge in [0.05, 0.1) is 11.7 Å². The van der Waals surface area contributed by atoms with Crippen molar-refractivity contribution in [3.8, 4) is 11.4 Å². The van der Waals surface area contributed by atoms with Gasteiger partial charge >= 0.3 is 0 Å². The van der Waals surface area contributed by atoms with E-state index in [1.165, 1.54) is 23.8 Å². The van der Waals surface area contributed by atoms with Crippen molar-refractivity contribution in [3.63, 3.8) is 0 Å². The molecule has 0 radical (unpaired) electrons. The minimum Gasteiger partial charge on any atom is -0.373 e. The number of rotatable bonds is 6. The Balaban J connectivity index is 0.00000126. The molecule has 2 aliphatic rings. The lowest BCUT2D eigenvalue weighted by Crippen LogP contribution is -2.44. The van der Waals surface area contributed by atoms with Crippen LogP contribution in [-0.4, -0.2) is 53.2 Å². The average molecular weight is 446 g/mol. The number of fused-ring (bicyclic) bond motifs is 1. The van der Waals surface area contributed by atoms with E-state index in [1.54, 1.807) is 0 Å². The Labute approximate surface area is 196 Å². The molecule has 0 spiro atoms. The highest BCUT2D eigenvalue weighted by atomic mass is 15.2. The van der Waals surface area contributed by atoms with E-state index in [0.29, 0.717) is 5.92 Å². The molecule has 2 fully saturated rings. The third kappa shape index (κ3) is 4.83. The predicted octanol–water partition coefficient (Wildman–Crippen LogP) is 4.86. The van der Waals surface area contributed by atoms with E-state index in [9.17, 15) is 0 Å². The Morgan fingerprint density at radius 3 is 2.64 bits per heavy atom. The molecule has 1 aliphatic carbocycles. The molecule has 5 rings (SSSR count). The van der Waals surface area contributed by atoms with Crippen molar-refractivity contribution < 1.29 is 0 Å². The van der Waals surface area contributed by atoms with Crippen LogP contribution < -0.4 is 15.5 Å². The van der Waals surface area contributed by atoms with E-state index < -0.39 is 0 Å². The lowest BCUT2D eigenvalue weighted by atomic mass is 10.0. The predicted molar refractivity (Wildman–Crippen MR) is 138 cm³/mol. The van der Waals surface area contributed by atoms with Gasteiger partial charge in [-0.15, -0.1) is 0 Å². The van der Waals surface area contributed by atoms with Gasteiger partial charge in [-0.05, 0) is 36.8 Å². The standard InChI is InChI=1S/C24H29N7.C2H6/c1-3-4-5-17-18(8-9-28-22(17)25-2)23-29-20-15-27-14-19(16-6-7-16)21(20)24(30-23)31-12-10-26-11-13-31;1-2/h4-5,8-9,14-16,26H,3,6-7,10-13H2,1-2H3,(H,25,28);1-2H3/b5-4+;. The summed E-state index contributed by atoms with van der Waals surface area (Å²) in [6.07, 6.45) is 13.4. The maximum absolute atomic E-state index is 5.18. The van der Waals surface area contributed by atoms with Crippen LogP contribution in [0.4, 0.5) is 11.6 Å². The first kappa shape index (κ1) is 23.1. The largest absolute Gasteiger partial charge is 0.373 e. The molecular formula is C26H35N7. The summed E-state index contributed by atoms with van der Waals surface area (Å²) >= 11 is 0. The molecule has 1 saturated carbocycles. The van der Waals surface area contributed by atoms with E-state index >= 15 is 0 Å². The number of aromatic nitrogens is 4. The third-order valence-corrected chi connectivity index (χ3v) is 6.04. The van der Waals surface area contributed by atoms with Crippen LogP contribution in [0.1, 0.15) is 57.1 Å². The smallest absolute Gasteiger partial charge is 0.163 e. The molecule has 4 heterocycles. The summed E-state index contributed by atoms with van der Waals surface area (Å²) in [7, 11) is 1.90. The van der Waals surface area contributed by atoms with Crippen LogP contribution >= 0.6 is 0 Å². The molecule has 0 atom stereocenters. The van der Waals surface area contributed by atoms with Crippen molar-refractivity contribution in [2.75, 3.05) is 43.4 Å². The van der Waals surface area contributed by atoms with Gasteiger partial charge in [0.25, 0.3) is 0 Å². The number of hydrogen-bond donors (Lipinski definition) is 2. The Bertz CT molecular complexity index is 1120. The van der Waals surface area contributed by atoms with Gasteiger partial charge in [0.2, 0.25) is 0 Å². The van der Waals surface area contributed by atoms with Gasteiger partial charge in [-0.3, -0.25) is 4.98 Å². The van der Waals surface area contributed by atoms with Crippen molar-refractivity contribution in [2.24, 2.45) is 0 Å². The molecule has 7 heteroatoms. The molecule has 2 N–H and O–H groups in total. The third-order valence-electron chi connectivity index (χ3n) is 6.04. The van der Waals surface area contributed by atoms with Crippen LogP contribution in [0.25, 0.3) is 28.4 Å². The fraction of sp³-hybridized carbons (Fsp3) is 0.462. The fourth-order valence-electron chi connectivity index (χ4n) is 4.29. The molecule has 0 amide bonds. The first-order chi connectivity index (χ1) is 16.3. The summed E-state index contributed by atoms with van der Waals surface area (Å²) in [5.74, 6) is 3.19. The first-order valence-corrected chi connectivity index (χ1v) is 12.2. The number of pyridine rings is 2. The Hall–Kier alpha value is -3.06. The summed E-state index contributed by atoms with van der Waals surface area (Å²) in [5.41, 5.74) is 4.23. The van der Waals surface area contributed by atoms with Crippen LogP contribution in [0, 0.1) is 0 Å². The highest BCUT2D eigenvalue weighted by molar-refractivity contribution is 5.94. The molecule has 1 aliphatic heterocycles. The van der Waals surface area contributed by atoms with Crippen molar-refractivity contribution in [1.29, 1.82) is 0 Å². The summed E-state index contributed by atoms with van der Waals surface area (Å²) in [6, 6.07) is 2.01. The lowest BCUT2D eigenvalue weighted by molar-refractivity contribution is 0.586. The van der Waals surface area contributed by atoms with Crippen LogP contribution in [0.15, 0.2) is 30.7 Å². The maximum atomic E-state index is 5.18. The number of allylic oxidation sites excluding steroid dienone is 1. The molecule has 33 heavy (non-hydrogen) atoms. The number of nitrogens with one attached hydrogen (secondary N) is 2. The average Bonchev–Trinajstić information content (AvgIpc) is 3.73. The van der Waals surface area contributed by atoms with E-state index in [4.69, 9.17) is 9.97 Å². The number of hydrogen-bond acceptors (Lipinski definition) is 7. The molecule has 7 nitrogen and oxygen atoms in total. The van der Waals surface area contributed by atoms with Crippen molar-refractivity contribution >= 4 is 28.6 Å². The molecule has 3 aromatic heterocycles. The van der Waals surface area contributed by atoms with Crippen molar-refractivity contribution in [1.82, 2.24) is 25.3 Å². The Kier molecular flexibility index (Phi) is 7.50. The normalized spacial score (nSPS) is 16.1. The van der Waals surface area contributed by atoms with Crippen LogP contribution in [0.5, 0.6) is 0 Å². The highest BCUT2D eigenvalue weighted by Gasteiger charge is 2.29. The summed E-state index contributed by atoms with van der Waals surface area (Å²) in [6.45, 7) is 9.95. The minimum absolute atomic E-state index is 0.590. The quantitative estimate of drug-likeness (QED) is 0.561. The number of anilines is 2. The van der Waals surface area contributed by atoms with Crippen molar-refractivity contribution in [2.45, 2.75) is 46.0 Å². The lowest BCUT2D eigenvalue weighted by Gasteiger charge is -2.30. The van der Waals surface area contributed by atoms with E-state index in [0.717, 1.165) is 66.7 Å². The zero-order valence-corrected chi connectivity index (χ0v) is 20.2. The van der Waals surface area contributed by atoms with E-state index in [2.05, 4.69) is 44.6 Å². The molecule has 3 aromatic rings. The summed E-state index contributed by atoms with van der Waals surface area (Å²) in [5, 5.41) is 7.84. The second kappa shape index (κ2) is 10.7. The van der Waals surface area contributed by atoms with Crippen LogP contribution in [0.2, 0.25) is 0 Å². The molecule has 174 valence electrons. The van der Waals surface area contributed by atoms with E-state index in [-0.39, 0.29) is 0 Å². The summed E-state index contributed by atoms with van der Waals surface area (Å²) < 4.78 is 0. The molecular weight excluding hydrogens is 410 g/mol. The zero-order valence-electron chi connectivity index (χ0n) is 20.2. The topological polar surface area (TPSA) is 78.9 Å². The number of piperazine rings is 1. The first-order valence-electron chi connectivity index (χ1n) is 12.2. The second-order valence-electron chi connectivity index (χ2n) is 8.19. The monoisotopic (exact) mass is 445 g/mol. The fourth-order valence-corrected chi connectivity index (χ4v) is 4.29. The van der Waals surface area contributed by atoms with Gasteiger partial charge in [0, 0.05) is 62.1 Å². The summed E-state index contributed by atoms with van der Waals surface area (Å²) in [4.78, 5) is 21.6. The van der Waals surface area contributed by atoms with Crippen LogP contribution in [-0.2, 0) is 0 Å². The molecule has 1 saturated heterocycles. The van der Waals surface area contributed by atoms with Gasteiger partial charge < -0.3 is 15.5 Å². The maximum Gasteiger partial charge on any atom is 0.163 e. The van der Waals surface area contributed by atoms with Gasteiger partial charge in [-0.2, -0.15) is 0 Å². The zero-order chi connectivity index (χ0) is 23.2. The Morgan fingerprint density at radius 2 is 1.94 bits per heavy atom. The van der Waals surface area contributed by atoms with Gasteiger partial charge in [0.1, 0.15) is 11.6 Å². The SMILES string of the molecule is CC.CC/C=C/c1c(-c2nc(N3CCNCC3)c3c(C4CC4)cncc3n2)ccnc1NC. The Morgan fingerprint density at radius 1 is 1.15 bits per heavy atom. The molecule has 0 bridgehead atoms. The minimum atomic E-state index is 0.590. The molecule has 0 unspecified atom stereocenters.